The number of aryl methyl sites for hydroxylation is 1. The third kappa shape index (κ3) is 5.14. The zero-order valence-corrected chi connectivity index (χ0v) is 14.5. The third-order valence-corrected chi connectivity index (χ3v) is 3.41. The molecular weight excluding hydrogens is 328 g/mol. The van der Waals surface area contributed by atoms with Crippen molar-refractivity contribution < 1.29 is 4.74 Å². The van der Waals surface area contributed by atoms with Crippen molar-refractivity contribution in [2.24, 2.45) is 0 Å². The Morgan fingerprint density at radius 2 is 2.00 bits per heavy atom. The number of pyridine rings is 1. The summed E-state index contributed by atoms with van der Waals surface area (Å²) in [4.78, 5) is 4.43. The van der Waals surface area contributed by atoms with Gasteiger partial charge >= 0.3 is 0 Å². The number of hydrogen-bond acceptors (Lipinski definition) is 3. The zero-order valence-electron chi connectivity index (χ0n) is 12.9. The number of ether oxygens (including phenoxy) is 1. The van der Waals surface area contributed by atoms with Gasteiger partial charge in [-0.2, -0.15) is 0 Å². The van der Waals surface area contributed by atoms with Crippen LogP contribution in [0.2, 0.25) is 0 Å². The molecule has 0 aliphatic heterocycles. The maximum Gasteiger partial charge on any atom is 0.222 e. The van der Waals surface area contributed by atoms with Crippen LogP contribution in [-0.2, 0) is 6.54 Å². The first-order valence-electron chi connectivity index (χ1n) is 6.97. The van der Waals surface area contributed by atoms with E-state index in [0.29, 0.717) is 5.88 Å². The van der Waals surface area contributed by atoms with Gasteiger partial charge in [-0.25, -0.2) is 4.98 Å². The number of nitrogens with one attached hydrogen (secondary N) is 1. The first kappa shape index (κ1) is 16.0. The number of nitrogens with zero attached hydrogens (tertiary/aromatic N) is 1. The van der Waals surface area contributed by atoms with Gasteiger partial charge in [0.05, 0.1) is 0 Å². The average Bonchev–Trinajstić information content (AvgIpc) is 2.38. The topological polar surface area (TPSA) is 34.2 Å². The molecule has 3 nitrogen and oxygen atoms in total. The SMILES string of the molecule is Cc1cc(CNC(C)(C)C)cnc1Oc1cccc(Br)c1. The van der Waals surface area contributed by atoms with E-state index in [1.54, 1.807) is 0 Å². The van der Waals surface area contributed by atoms with Crippen LogP contribution in [0.3, 0.4) is 0 Å². The Balaban J connectivity index is 2.09. The molecule has 4 heteroatoms. The molecule has 2 aromatic rings. The lowest BCUT2D eigenvalue weighted by Crippen LogP contribution is -2.35. The molecule has 1 aromatic heterocycles. The van der Waals surface area contributed by atoms with Gasteiger partial charge in [0.15, 0.2) is 0 Å². The van der Waals surface area contributed by atoms with Gasteiger partial charge in [0.2, 0.25) is 5.88 Å². The summed E-state index contributed by atoms with van der Waals surface area (Å²) in [6, 6.07) is 9.86. The van der Waals surface area contributed by atoms with Gasteiger partial charge < -0.3 is 10.1 Å². The van der Waals surface area contributed by atoms with Crippen LogP contribution in [0, 0.1) is 6.92 Å². The first-order chi connectivity index (χ1) is 9.83. The van der Waals surface area contributed by atoms with E-state index in [0.717, 1.165) is 27.9 Å². The van der Waals surface area contributed by atoms with Gasteiger partial charge in [0.25, 0.3) is 0 Å². The Kier molecular flexibility index (Phi) is 5.01. The molecule has 0 aliphatic rings. The molecule has 0 saturated carbocycles. The predicted molar refractivity (Wildman–Crippen MR) is 89.8 cm³/mol. The third-order valence-electron chi connectivity index (χ3n) is 2.92. The van der Waals surface area contributed by atoms with Gasteiger partial charge in [-0.15, -0.1) is 0 Å². The van der Waals surface area contributed by atoms with Crippen molar-refractivity contribution in [2.75, 3.05) is 0 Å². The lowest BCUT2D eigenvalue weighted by atomic mass is 10.1. The van der Waals surface area contributed by atoms with E-state index < -0.39 is 0 Å². The molecule has 0 bridgehead atoms. The molecule has 0 aliphatic carbocycles. The average molecular weight is 349 g/mol. The summed E-state index contributed by atoms with van der Waals surface area (Å²) < 4.78 is 6.82. The summed E-state index contributed by atoms with van der Waals surface area (Å²) in [5, 5.41) is 3.45. The monoisotopic (exact) mass is 348 g/mol. The van der Waals surface area contributed by atoms with Crippen molar-refractivity contribution in [3.05, 3.63) is 52.1 Å². The molecule has 0 amide bonds. The Hall–Kier alpha value is -1.39. The van der Waals surface area contributed by atoms with Crippen LogP contribution in [0.25, 0.3) is 0 Å². The summed E-state index contributed by atoms with van der Waals surface area (Å²) in [7, 11) is 0. The van der Waals surface area contributed by atoms with Crippen molar-refractivity contribution in [3.8, 4) is 11.6 Å². The molecule has 0 atom stereocenters. The summed E-state index contributed by atoms with van der Waals surface area (Å²) >= 11 is 3.44. The van der Waals surface area contributed by atoms with Crippen molar-refractivity contribution in [1.82, 2.24) is 10.3 Å². The van der Waals surface area contributed by atoms with Crippen LogP contribution in [0.4, 0.5) is 0 Å². The van der Waals surface area contributed by atoms with Gasteiger partial charge in [-0.3, -0.25) is 0 Å². The van der Waals surface area contributed by atoms with Crippen molar-refractivity contribution in [2.45, 2.75) is 39.8 Å². The molecule has 2 rings (SSSR count). The van der Waals surface area contributed by atoms with E-state index in [-0.39, 0.29) is 5.54 Å². The van der Waals surface area contributed by atoms with E-state index in [1.165, 1.54) is 0 Å². The summed E-state index contributed by atoms with van der Waals surface area (Å²) in [5.41, 5.74) is 2.28. The van der Waals surface area contributed by atoms with Crippen LogP contribution < -0.4 is 10.1 Å². The standard InChI is InChI=1S/C17H21BrN2O/c1-12-8-13(11-20-17(2,3)4)10-19-16(12)21-15-7-5-6-14(18)9-15/h5-10,20H,11H2,1-4H3. The number of rotatable bonds is 4. The number of benzene rings is 1. The largest absolute Gasteiger partial charge is 0.439 e. The molecule has 21 heavy (non-hydrogen) atoms. The van der Waals surface area contributed by atoms with Crippen molar-refractivity contribution >= 4 is 15.9 Å². The number of hydrogen-bond donors (Lipinski definition) is 1. The molecular formula is C17H21BrN2O. The Labute approximate surface area is 134 Å². The number of aromatic nitrogens is 1. The van der Waals surface area contributed by atoms with Gasteiger partial charge in [-0.05, 0) is 57.5 Å². The highest BCUT2D eigenvalue weighted by molar-refractivity contribution is 9.10. The Bertz CT molecular complexity index is 620. The van der Waals surface area contributed by atoms with Crippen LogP contribution in [0.1, 0.15) is 31.9 Å². The second kappa shape index (κ2) is 6.58. The maximum absolute atomic E-state index is 5.83. The first-order valence-corrected chi connectivity index (χ1v) is 7.77. The normalized spacial score (nSPS) is 11.5. The van der Waals surface area contributed by atoms with E-state index in [2.05, 4.69) is 53.1 Å². The van der Waals surface area contributed by atoms with E-state index in [1.807, 2.05) is 37.4 Å². The second-order valence-corrected chi connectivity index (χ2v) is 7.04. The fourth-order valence-electron chi connectivity index (χ4n) is 1.83. The highest BCUT2D eigenvalue weighted by Gasteiger charge is 2.10. The minimum Gasteiger partial charge on any atom is -0.439 e. The van der Waals surface area contributed by atoms with Gasteiger partial charge in [-0.1, -0.05) is 22.0 Å². The minimum atomic E-state index is 0.0966. The molecule has 0 radical (unpaired) electrons. The molecule has 1 N–H and O–H groups in total. The van der Waals surface area contributed by atoms with E-state index >= 15 is 0 Å². The summed E-state index contributed by atoms with van der Waals surface area (Å²) in [6.45, 7) is 9.27. The molecule has 0 fully saturated rings. The smallest absolute Gasteiger partial charge is 0.222 e. The fourth-order valence-corrected chi connectivity index (χ4v) is 2.21. The van der Waals surface area contributed by atoms with Crippen LogP contribution >= 0.6 is 15.9 Å². The Morgan fingerprint density at radius 1 is 1.24 bits per heavy atom. The predicted octanol–water partition coefficient (Wildman–Crippen LogP) is 4.83. The highest BCUT2D eigenvalue weighted by atomic mass is 79.9. The quantitative estimate of drug-likeness (QED) is 0.858. The summed E-state index contributed by atoms with van der Waals surface area (Å²) in [6.07, 6.45) is 1.86. The highest BCUT2D eigenvalue weighted by Crippen LogP contribution is 2.25. The lowest BCUT2D eigenvalue weighted by molar-refractivity contribution is 0.422. The van der Waals surface area contributed by atoms with Gasteiger partial charge in [0.1, 0.15) is 5.75 Å². The number of halogens is 1. The van der Waals surface area contributed by atoms with E-state index in [4.69, 9.17) is 4.74 Å². The Morgan fingerprint density at radius 3 is 2.62 bits per heavy atom. The second-order valence-electron chi connectivity index (χ2n) is 6.13. The van der Waals surface area contributed by atoms with Crippen LogP contribution in [0.5, 0.6) is 11.6 Å². The lowest BCUT2D eigenvalue weighted by Gasteiger charge is -2.20. The van der Waals surface area contributed by atoms with Crippen molar-refractivity contribution in [3.63, 3.8) is 0 Å². The molecule has 0 spiro atoms. The van der Waals surface area contributed by atoms with Crippen molar-refractivity contribution in [1.29, 1.82) is 0 Å². The zero-order chi connectivity index (χ0) is 15.5. The molecule has 1 aromatic carbocycles. The molecule has 0 unspecified atom stereocenters. The van der Waals surface area contributed by atoms with Crippen LogP contribution in [0.15, 0.2) is 41.0 Å². The minimum absolute atomic E-state index is 0.0966. The summed E-state index contributed by atoms with van der Waals surface area (Å²) in [5.74, 6) is 1.42. The maximum atomic E-state index is 5.83. The van der Waals surface area contributed by atoms with E-state index in [9.17, 15) is 0 Å². The molecule has 112 valence electrons. The molecule has 1 heterocycles. The molecule has 0 saturated heterocycles. The fraction of sp³-hybridized carbons (Fsp3) is 0.353. The van der Waals surface area contributed by atoms with Gasteiger partial charge in [0, 0.05) is 28.3 Å². The van der Waals surface area contributed by atoms with Crippen LogP contribution in [-0.4, -0.2) is 10.5 Å².